The third-order valence-electron chi connectivity index (χ3n) is 2.29. The average molecular weight is 213 g/mol. The van der Waals surface area contributed by atoms with Crippen LogP contribution < -0.4 is 5.32 Å². The van der Waals surface area contributed by atoms with Crippen LogP contribution >= 0.6 is 11.5 Å². The highest BCUT2D eigenvalue weighted by Crippen LogP contribution is 2.15. The normalized spacial score (nSPS) is 21.4. The third kappa shape index (κ3) is 2.42. The fourth-order valence-electron chi connectivity index (χ4n) is 1.48. The molecule has 0 amide bonds. The minimum atomic E-state index is 0.365. The summed E-state index contributed by atoms with van der Waals surface area (Å²) >= 11 is 1.43. The van der Waals surface area contributed by atoms with E-state index in [0.29, 0.717) is 6.10 Å². The van der Waals surface area contributed by atoms with E-state index < -0.39 is 0 Å². The second-order valence-corrected chi connectivity index (χ2v) is 4.14. The lowest BCUT2D eigenvalue weighted by Gasteiger charge is -2.08. The van der Waals surface area contributed by atoms with Crippen molar-refractivity contribution in [1.29, 1.82) is 0 Å². The first-order valence-corrected chi connectivity index (χ1v) is 5.84. The summed E-state index contributed by atoms with van der Waals surface area (Å²) in [5.41, 5.74) is 0. The summed E-state index contributed by atoms with van der Waals surface area (Å²) in [7, 11) is 0. The van der Waals surface area contributed by atoms with Crippen LogP contribution in [0, 0.1) is 0 Å². The molecule has 1 aromatic rings. The Morgan fingerprint density at radius 1 is 1.64 bits per heavy atom. The standard InChI is InChI=1S/C9H15N3OS/c1-2-8-11-9(14-12-8)10-6-7-4-3-5-13-7/h7H,2-6H2,1H3,(H,10,11,12). The van der Waals surface area contributed by atoms with Gasteiger partial charge in [-0.25, -0.2) is 4.98 Å². The van der Waals surface area contributed by atoms with Gasteiger partial charge < -0.3 is 10.1 Å². The van der Waals surface area contributed by atoms with Gasteiger partial charge in [0.15, 0.2) is 0 Å². The highest BCUT2D eigenvalue weighted by molar-refractivity contribution is 7.09. The zero-order valence-electron chi connectivity index (χ0n) is 8.32. The Morgan fingerprint density at radius 3 is 3.21 bits per heavy atom. The highest BCUT2D eigenvalue weighted by atomic mass is 32.1. The molecule has 1 unspecified atom stereocenters. The third-order valence-corrected chi connectivity index (χ3v) is 3.00. The molecule has 5 heteroatoms. The quantitative estimate of drug-likeness (QED) is 0.827. The van der Waals surface area contributed by atoms with Gasteiger partial charge in [0, 0.05) is 31.1 Å². The Hall–Kier alpha value is -0.680. The zero-order chi connectivity index (χ0) is 9.80. The maximum Gasteiger partial charge on any atom is 0.202 e. The van der Waals surface area contributed by atoms with Gasteiger partial charge in [0.05, 0.1) is 6.10 Å². The summed E-state index contributed by atoms with van der Waals surface area (Å²) in [5, 5.41) is 4.18. The van der Waals surface area contributed by atoms with Gasteiger partial charge in [0.2, 0.25) is 5.13 Å². The van der Waals surface area contributed by atoms with Crippen molar-refractivity contribution < 1.29 is 4.74 Å². The first-order chi connectivity index (χ1) is 6.88. The minimum Gasteiger partial charge on any atom is -0.376 e. The zero-order valence-corrected chi connectivity index (χ0v) is 9.14. The van der Waals surface area contributed by atoms with Crippen molar-refractivity contribution in [3.05, 3.63) is 5.82 Å². The summed E-state index contributed by atoms with van der Waals surface area (Å²) in [4.78, 5) is 4.33. The molecular weight excluding hydrogens is 198 g/mol. The minimum absolute atomic E-state index is 0.365. The molecular formula is C9H15N3OS. The van der Waals surface area contributed by atoms with E-state index in [4.69, 9.17) is 4.74 Å². The lowest BCUT2D eigenvalue weighted by molar-refractivity contribution is 0.120. The van der Waals surface area contributed by atoms with E-state index in [1.54, 1.807) is 0 Å². The molecule has 1 atom stereocenters. The molecule has 1 saturated heterocycles. The predicted molar refractivity (Wildman–Crippen MR) is 56.8 cm³/mol. The van der Waals surface area contributed by atoms with Crippen LogP contribution in [0.2, 0.25) is 0 Å². The summed E-state index contributed by atoms with van der Waals surface area (Å²) in [6, 6.07) is 0. The van der Waals surface area contributed by atoms with Crippen molar-refractivity contribution >= 4 is 16.7 Å². The number of aryl methyl sites for hydroxylation is 1. The van der Waals surface area contributed by atoms with Crippen LogP contribution in [0.4, 0.5) is 5.13 Å². The van der Waals surface area contributed by atoms with Crippen LogP contribution in [-0.2, 0) is 11.2 Å². The van der Waals surface area contributed by atoms with E-state index in [2.05, 4.69) is 21.6 Å². The number of ether oxygens (including phenoxy) is 1. The van der Waals surface area contributed by atoms with Crippen LogP contribution in [0.1, 0.15) is 25.6 Å². The van der Waals surface area contributed by atoms with Crippen molar-refractivity contribution in [1.82, 2.24) is 9.36 Å². The summed E-state index contributed by atoms with van der Waals surface area (Å²) in [6.45, 7) is 3.83. The SMILES string of the molecule is CCc1nsc(NCC2CCCO2)n1. The molecule has 0 spiro atoms. The van der Waals surface area contributed by atoms with Crippen LogP contribution in [-0.4, -0.2) is 28.6 Å². The molecule has 2 rings (SSSR count). The van der Waals surface area contributed by atoms with Gasteiger partial charge in [-0.3, -0.25) is 0 Å². The van der Waals surface area contributed by atoms with E-state index in [-0.39, 0.29) is 0 Å². The number of nitrogens with zero attached hydrogens (tertiary/aromatic N) is 2. The molecule has 1 N–H and O–H groups in total. The van der Waals surface area contributed by atoms with Crippen LogP contribution in [0.3, 0.4) is 0 Å². The fraction of sp³-hybridized carbons (Fsp3) is 0.778. The molecule has 14 heavy (non-hydrogen) atoms. The second-order valence-electron chi connectivity index (χ2n) is 3.39. The molecule has 1 aliphatic heterocycles. The first-order valence-electron chi connectivity index (χ1n) is 5.06. The number of anilines is 1. The van der Waals surface area contributed by atoms with E-state index in [9.17, 15) is 0 Å². The lowest BCUT2D eigenvalue weighted by atomic mass is 10.2. The largest absolute Gasteiger partial charge is 0.376 e. The van der Waals surface area contributed by atoms with E-state index >= 15 is 0 Å². The van der Waals surface area contributed by atoms with Crippen molar-refractivity contribution in [2.75, 3.05) is 18.5 Å². The summed E-state index contributed by atoms with van der Waals surface area (Å²) < 4.78 is 9.71. The van der Waals surface area contributed by atoms with Gasteiger partial charge in [-0.1, -0.05) is 6.92 Å². The number of hydrogen-bond acceptors (Lipinski definition) is 5. The van der Waals surface area contributed by atoms with Crippen LogP contribution in [0.25, 0.3) is 0 Å². The van der Waals surface area contributed by atoms with Crippen molar-refractivity contribution in [3.63, 3.8) is 0 Å². The Labute approximate surface area is 87.9 Å². The molecule has 0 radical (unpaired) electrons. The highest BCUT2D eigenvalue weighted by Gasteiger charge is 2.15. The molecule has 1 fully saturated rings. The Kier molecular flexibility index (Phi) is 3.31. The molecule has 0 bridgehead atoms. The van der Waals surface area contributed by atoms with E-state index in [1.807, 2.05) is 0 Å². The van der Waals surface area contributed by atoms with Crippen molar-refractivity contribution in [2.24, 2.45) is 0 Å². The molecule has 0 aromatic carbocycles. The summed E-state index contributed by atoms with van der Waals surface area (Å²) in [5.74, 6) is 0.921. The monoisotopic (exact) mass is 213 g/mol. The maximum atomic E-state index is 5.50. The number of hydrogen-bond donors (Lipinski definition) is 1. The molecule has 2 heterocycles. The van der Waals surface area contributed by atoms with Crippen LogP contribution in [0.5, 0.6) is 0 Å². The lowest BCUT2D eigenvalue weighted by Crippen LogP contribution is -2.18. The summed E-state index contributed by atoms with van der Waals surface area (Å²) in [6.07, 6.45) is 3.61. The maximum absolute atomic E-state index is 5.50. The molecule has 1 aliphatic rings. The topological polar surface area (TPSA) is 47.0 Å². The first kappa shape index (κ1) is 9.86. The molecule has 1 aromatic heterocycles. The van der Waals surface area contributed by atoms with Gasteiger partial charge in [-0.05, 0) is 12.8 Å². The Balaban J connectivity index is 1.79. The molecule has 4 nitrogen and oxygen atoms in total. The number of aromatic nitrogens is 2. The van der Waals surface area contributed by atoms with Crippen molar-refractivity contribution in [3.8, 4) is 0 Å². The Morgan fingerprint density at radius 2 is 2.57 bits per heavy atom. The average Bonchev–Trinajstić information content (AvgIpc) is 2.86. The smallest absolute Gasteiger partial charge is 0.202 e. The molecule has 0 aliphatic carbocycles. The van der Waals surface area contributed by atoms with Crippen LogP contribution in [0.15, 0.2) is 0 Å². The van der Waals surface area contributed by atoms with Crippen molar-refractivity contribution in [2.45, 2.75) is 32.3 Å². The van der Waals surface area contributed by atoms with E-state index in [1.165, 1.54) is 18.0 Å². The second kappa shape index (κ2) is 4.70. The number of nitrogens with one attached hydrogen (secondary N) is 1. The molecule has 78 valence electrons. The van der Waals surface area contributed by atoms with Gasteiger partial charge in [0.1, 0.15) is 5.82 Å². The number of rotatable bonds is 4. The fourth-order valence-corrected chi connectivity index (χ4v) is 2.13. The van der Waals surface area contributed by atoms with Gasteiger partial charge in [-0.15, -0.1) is 0 Å². The Bertz CT molecular complexity index is 283. The van der Waals surface area contributed by atoms with Gasteiger partial charge in [0.25, 0.3) is 0 Å². The van der Waals surface area contributed by atoms with Gasteiger partial charge in [-0.2, -0.15) is 4.37 Å². The van der Waals surface area contributed by atoms with E-state index in [0.717, 1.165) is 36.9 Å². The van der Waals surface area contributed by atoms with Gasteiger partial charge >= 0.3 is 0 Å². The molecule has 0 saturated carbocycles. The predicted octanol–water partition coefficient (Wildman–Crippen LogP) is 1.69.